The van der Waals surface area contributed by atoms with Gasteiger partial charge in [0.15, 0.2) is 0 Å². The van der Waals surface area contributed by atoms with E-state index in [1.807, 2.05) is 0 Å². The van der Waals surface area contributed by atoms with Gasteiger partial charge in [-0.15, -0.1) is 0 Å². The van der Waals surface area contributed by atoms with E-state index in [9.17, 15) is 0 Å². The normalized spacial score (nSPS) is 32.2. The van der Waals surface area contributed by atoms with Gasteiger partial charge in [0, 0.05) is 0 Å². The molecule has 19 heavy (non-hydrogen) atoms. The first-order valence-electron chi connectivity index (χ1n) is 8.06. The van der Waals surface area contributed by atoms with Crippen molar-refractivity contribution < 1.29 is 0 Å². The number of allylic oxidation sites excluding steroid dienone is 8. The fraction of sp³-hybridized carbons (Fsp3) is 0.579. The first kappa shape index (κ1) is 14.4. The molecule has 1 fully saturated rings. The fourth-order valence-electron chi connectivity index (χ4n) is 3.23. The molecule has 0 radical (unpaired) electrons. The van der Waals surface area contributed by atoms with E-state index in [0.717, 1.165) is 17.8 Å². The van der Waals surface area contributed by atoms with Gasteiger partial charge in [-0.3, -0.25) is 0 Å². The van der Waals surface area contributed by atoms with Crippen LogP contribution in [-0.2, 0) is 0 Å². The Morgan fingerprint density at radius 3 is 2.26 bits per heavy atom. The highest BCUT2D eigenvalue weighted by Crippen LogP contribution is 2.43. The molecule has 0 aliphatic heterocycles. The Kier molecular flexibility index (Phi) is 6.20. The van der Waals surface area contributed by atoms with Crippen LogP contribution in [0.1, 0.15) is 51.9 Å². The molecule has 3 aliphatic rings. The Hall–Kier alpha value is -1.04. The topological polar surface area (TPSA) is 0 Å². The van der Waals surface area contributed by atoms with Crippen LogP contribution in [-0.4, -0.2) is 0 Å². The Morgan fingerprint density at radius 2 is 1.74 bits per heavy atom. The predicted molar refractivity (Wildman–Crippen MR) is 85.0 cm³/mol. The molecule has 0 saturated heterocycles. The van der Waals surface area contributed by atoms with Crippen molar-refractivity contribution >= 4 is 0 Å². The lowest BCUT2D eigenvalue weighted by molar-refractivity contribution is 0.549. The average molecular weight is 256 g/mol. The molecule has 3 rings (SSSR count). The second-order valence-electron chi connectivity index (χ2n) is 5.92. The fourth-order valence-corrected chi connectivity index (χ4v) is 3.23. The van der Waals surface area contributed by atoms with Gasteiger partial charge in [-0.25, -0.2) is 0 Å². The summed E-state index contributed by atoms with van der Waals surface area (Å²) in [6, 6.07) is 0. The Bertz CT molecular complexity index is 342. The number of hydrogen-bond donors (Lipinski definition) is 0. The number of fused-ring (bicyclic) bond motifs is 2. The van der Waals surface area contributed by atoms with Crippen LogP contribution in [0.5, 0.6) is 0 Å². The zero-order valence-electron chi connectivity index (χ0n) is 12.3. The molecule has 0 aromatic rings. The van der Waals surface area contributed by atoms with Gasteiger partial charge in [0.2, 0.25) is 0 Å². The molecule has 3 atom stereocenters. The molecule has 0 aromatic carbocycles. The van der Waals surface area contributed by atoms with Gasteiger partial charge in [-0.05, 0) is 62.7 Å². The van der Waals surface area contributed by atoms with Gasteiger partial charge < -0.3 is 0 Å². The van der Waals surface area contributed by atoms with E-state index in [4.69, 9.17) is 0 Å². The van der Waals surface area contributed by atoms with Gasteiger partial charge in [-0.1, -0.05) is 55.5 Å². The molecule has 104 valence electrons. The van der Waals surface area contributed by atoms with E-state index < -0.39 is 0 Å². The smallest absolute Gasteiger partial charge is 0.0165 e. The summed E-state index contributed by atoms with van der Waals surface area (Å²) in [7, 11) is 0. The Balaban J connectivity index is 0.000000148. The monoisotopic (exact) mass is 256 g/mol. The lowest BCUT2D eigenvalue weighted by Crippen LogP contribution is -2.02. The van der Waals surface area contributed by atoms with Crippen molar-refractivity contribution in [2.75, 3.05) is 0 Å². The summed E-state index contributed by atoms with van der Waals surface area (Å²) >= 11 is 0. The molecule has 0 heterocycles. The van der Waals surface area contributed by atoms with E-state index in [0.29, 0.717) is 0 Å². The standard InChI is InChI=1S/C11H16.C8H12/c1-2-3-4-10-7-9-5-6-11(10)8-9;1-2-4-6-8-7-5-3-1/h3-6,9-11H,2,7-8H2,1H3;1-4H,5-8H2. The second kappa shape index (κ2) is 8.19. The lowest BCUT2D eigenvalue weighted by Gasteiger charge is -2.12. The highest BCUT2D eigenvalue weighted by Gasteiger charge is 2.33. The van der Waals surface area contributed by atoms with Gasteiger partial charge in [0.1, 0.15) is 0 Å². The van der Waals surface area contributed by atoms with Crippen molar-refractivity contribution in [2.24, 2.45) is 17.8 Å². The van der Waals surface area contributed by atoms with Crippen LogP contribution in [0.3, 0.4) is 0 Å². The SMILES string of the molecule is C1=CCCCCC=C1.CCC=CC1CC2C=CC1C2. The molecule has 3 unspecified atom stereocenters. The van der Waals surface area contributed by atoms with Gasteiger partial charge >= 0.3 is 0 Å². The molecule has 3 aliphatic carbocycles. The molecule has 0 spiro atoms. The van der Waals surface area contributed by atoms with Gasteiger partial charge in [0.05, 0.1) is 0 Å². The summed E-state index contributed by atoms with van der Waals surface area (Å²) in [6.07, 6.45) is 27.6. The summed E-state index contributed by atoms with van der Waals surface area (Å²) in [5, 5.41) is 0. The molecule has 0 nitrogen and oxygen atoms in total. The van der Waals surface area contributed by atoms with E-state index in [1.54, 1.807) is 0 Å². The summed E-state index contributed by atoms with van der Waals surface area (Å²) in [6.45, 7) is 2.21. The predicted octanol–water partition coefficient (Wildman–Crippen LogP) is 5.84. The third kappa shape index (κ3) is 4.86. The van der Waals surface area contributed by atoms with Crippen LogP contribution in [0.2, 0.25) is 0 Å². The van der Waals surface area contributed by atoms with E-state index in [2.05, 4.69) is 55.5 Å². The van der Waals surface area contributed by atoms with Crippen LogP contribution in [0.15, 0.2) is 48.6 Å². The van der Waals surface area contributed by atoms with Crippen molar-refractivity contribution in [3.63, 3.8) is 0 Å². The molecule has 0 heteroatoms. The van der Waals surface area contributed by atoms with Crippen LogP contribution in [0.25, 0.3) is 0 Å². The van der Waals surface area contributed by atoms with E-state index in [1.165, 1.54) is 44.9 Å². The molecule has 0 amide bonds. The Labute approximate surface area is 119 Å². The van der Waals surface area contributed by atoms with Crippen LogP contribution in [0, 0.1) is 17.8 Å². The minimum atomic E-state index is 0.880. The van der Waals surface area contributed by atoms with Crippen molar-refractivity contribution in [3.8, 4) is 0 Å². The third-order valence-electron chi connectivity index (χ3n) is 4.32. The van der Waals surface area contributed by atoms with E-state index >= 15 is 0 Å². The maximum Gasteiger partial charge on any atom is -0.0165 e. The van der Waals surface area contributed by atoms with Crippen molar-refractivity contribution in [1.29, 1.82) is 0 Å². The molecular weight excluding hydrogens is 228 g/mol. The molecular formula is C19H28. The first-order valence-corrected chi connectivity index (χ1v) is 8.06. The minimum absolute atomic E-state index is 0.880. The third-order valence-corrected chi connectivity index (χ3v) is 4.32. The van der Waals surface area contributed by atoms with Crippen molar-refractivity contribution in [2.45, 2.75) is 51.9 Å². The highest BCUT2D eigenvalue weighted by molar-refractivity contribution is 5.14. The van der Waals surface area contributed by atoms with Crippen LogP contribution >= 0.6 is 0 Å². The second-order valence-corrected chi connectivity index (χ2v) is 5.92. The van der Waals surface area contributed by atoms with Gasteiger partial charge in [0.25, 0.3) is 0 Å². The van der Waals surface area contributed by atoms with E-state index in [-0.39, 0.29) is 0 Å². The zero-order chi connectivity index (χ0) is 13.3. The average Bonchev–Trinajstić information content (AvgIpc) is 2.98. The summed E-state index contributed by atoms with van der Waals surface area (Å²) in [5.41, 5.74) is 0. The number of hydrogen-bond acceptors (Lipinski definition) is 0. The van der Waals surface area contributed by atoms with Gasteiger partial charge in [-0.2, -0.15) is 0 Å². The summed E-state index contributed by atoms with van der Waals surface area (Å²) < 4.78 is 0. The van der Waals surface area contributed by atoms with Crippen LogP contribution in [0.4, 0.5) is 0 Å². The largest absolute Gasteiger partial charge is 0.0885 e. The summed E-state index contributed by atoms with van der Waals surface area (Å²) in [5.74, 6) is 2.69. The molecule has 0 aromatic heterocycles. The molecule has 2 bridgehead atoms. The molecule has 0 N–H and O–H groups in total. The minimum Gasteiger partial charge on any atom is -0.0885 e. The first-order chi connectivity index (χ1) is 9.40. The summed E-state index contributed by atoms with van der Waals surface area (Å²) in [4.78, 5) is 0. The highest BCUT2D eigenvalue weighted by atomic mass is 14.4. The van der Waals surface area contributed by atoms with Crippen molar-refractivity contribution in [1.82, 2.24) is 0 Å². The quantitative estimate of drug-likeness (QED) is 0.545. The zero-order valence-corrected chi connectivity index (χ0v) is 12.3. The molecule has 1 saturated carbocycles. The Morgan fingerprint density at radius 1 is 1.00 bits per heavy atom. The number of rotatable bonds is 2. The maximum absolute atomic E-state index is 2.42. The van der Waals surface area contributed by atoms with Crippen molar-refractivity contribution in [3.05, 3.63) is 48.6 Å². The lowest BCUT2D eigenvalue weighted by atomic mass is 9.93. The maximum atomic E-state index is 2.42. The van der Waals surface area contributed by atoms with Crippen LogP contribution < -0.4 is 0 Å².